The predicted octanol–water partition coefficient (Wildman–Crippen LogP) is 2.27. The molecule has 5 heteroatoms. The van der Waals surface area contributed by atoms with E-state index in [0.29, 0.717) is 0 Å². The van der Waals surface area contributed by atoms with Gasteiger partial charge in [-0.15, -0.1) is 0 Å². The molecule has 0 N–H and O–H groups in total. The number of hydrogen-bond donors (Lipinski definition) is 0. The van der Waals surface area contributed by atoms with Gasteiger partial charge in [0.15, 0.2) is 0 Å². The fourth-order valence-electron chi connectivity index (χ4n) is 2.43. The maximum atomic E-state index is 11.7. The molecule has 1 saturated heterocycles. The summed E-state index contributed by atoms with van der Waals surface area (Å²) in [5.41, 5.74) is 1.16. The second-order valence-electron chi connectivity index (χ2n) is 6.35. The topological polar surface area (TPSA) is 47.9 Å². The smallest absolute Gasteiger partial charge is 0.399 e. The number of hydrogen-bond acceptors (Lipinski definition) is 3. The van der Waals surface area contributed by atoms with Crippen molar-refractivity contribution in [3.8, 4) is 0 Å². The van der Waals surface area contributed by atoms with Crippen LogP contribution in [0.4, 0.5) is 0 Å². The summed E-state index contributed by atoms with van der Waals surface area (Å²) in [4.78, 5) is 15.5. The average Bonchev–Trinajstić information content (AvgIpc) is 2.58. The Morgan fingerprint density at radius 1 is 1.20 bits per heavy atom. The van der Waals surface area contributed by atoms with Crippen molar-refractivity contribution in [2.75, 3.05) is 0 Å². The Morgan fingerprint density at radius 2 is 1.85 bits per heavy atom. The van der Waals surface area contributed by atoms with Crippen LogP contribution in [-0.4, -0.2) is 30.4 Å². The van der Waals surface area contributed by atoms with Gasteiger partial charge in [-0.05, 0) is 44.8 Å². The Kier molecular flexibility index (Phi) is 2.89. The Balaban J connectivity index is 1.87. The lowest BCUT2D eigenvalue weighted by atomic mass is 9.72. The van der Waals surface area contributed by atoms with Gasteiger partial charge in [0.05, 0.1) is 17.1 Å². The Labute approximate surface area is 119 Å². The molecule has 1 atom stereocenters. The standard InChI is InChI=1S/C15H18BNO3/c1-14(2)15(3,4)20-16(19-14)11-5-6-12-10(9-11)7-8-17-13(12)18/h5-9,12H,1-4H3. The minimum absolute atomic E-state index is 0.122. The third-order valence-corrected chi connectivity index (χ3v) is 4.43. The Morgan fingerprint density at radius 3 is 2.50 bits per heavy atom. The first-order chi connectivity index (χ1) is 9.30. The zero-order chi connectivity index (χ0) is 14.5. The third kappa shape index (κ3) is 2.01. The molecule has 104 valence electrons. The molecular weight excluding hydrogens is 253 g/mol. The fourth-order valence-corrected chi connectivity index (χ4v) is 2.43. The quantitative estimate of drug-likeness (QED) is 0.687. The van der Waals surface area contributed by atoms with Crippen LogP contribution in [0.2, 0.25) is 0 Å². The number of amides is 1. The number of aliphatic imine (C=N–C) groups is 1. The van der Waals surface area contributed by atoms with E-state index in [-0.39, 0.29) is 23.0 Å². The third-order valence-electron chi connectivity index (χ3n) is 4.43. The highest BCUT2D eigenvalue weighted by Crippen LogP contribution is 2.40. The maximum absolute atomic E-state index is 11.7. The molecule has 0 radical (unpaired) electrons. The first kappa shape index (κ1) is 13.5. The Bertz CT molecular complexity index is 568. The molecule has 0 bridgehead atoms. The molecule has 3 rings (SSSR count). The molecule has 4 nitrogen and oxygen atoms in total. The number of rotatable bonds is 1. The summed E-state index contributed by atoms with van der Waals surface area (Å²) >= 11 is 0. The number of carbonyl (C=O) groups is 1. The lowest BCUT2D eigenvalue weighted by Crippen LogP contribution is -2.41. The zero-order valence-corrected chi connectivity index (χ0v) is 12.2. The van der Waals surface area contributed by atoms with Crippen LogP contribution >= 0.6 is 0 Å². The van der Waals surface area contributed by atoms with Gasteiger partial charge in [0.25, 0.3) is 5.91 Å². The average molecular weight is 271 g/mol. The van der Waals surface area contributed by atoms with Gasteiger partial charge in [-0.3, -0.25) is 4.79 Å². The number of allylic oxidation sites excluding steroid dienone is 4. The molecule has 20 heavy (non-hydrogen) atoms. The first-order valence-electron chi connectivity index (χ1n) is 6.84. The van der Waals surface area contributed by atoms with E-state index < -0.39 is 7.12 Å². The molecule has 1 fully saturated rings. The van der Waals surface area contributed by atoms with Gasteiger partial charge >= 0.3 is 7.12 Å². The fraction of sp³-hybridized carbons (Fsp3) is 0.467. The molecule has 2 heterocycles. The van der Waals surface area contributed by atoms with Gasteiger partial charge in [0.2, 0.25) is 0 Å². The highest BCUT2D eigenvalue weighted by Gasteiger charge is 2.52. The van der Waals surface area contributed by atoms with E-state index in [1.54, 1.807) is 6.21 Å². The van der Waals surface area contributed by atoms with Gasteiger partial charge in [-0.25, -0.2) is 4.99 Å². The monoisotopic (exact) mass is 271 g/mol. The molecule has 3 aliphatic rings. The number of carbonyl (C=O) groups excluding carboxylic acids is 1. The van der Waals surface area contributed by atoms with Crippen LogP contribution in [0.15, 0.2) is 40.3 Å². The van der Waals surface area contributed by atoms with E-state index in [2.05, 4.69) is 4.99 Å². The van der Waals surface area contributed by atoms with Crippen molar-refractivity contribution in [1.82, 2.24) is 0 Å². The molecule has 1 aliphatic carbocycles. The van der Waals surface area contributed by atoms with E-state index in [0.717, 1.165) is 11.0 Å². The van der Waals surface area contributed by atoms with Crippen molar-refractivity contribution in [3.63, 3.8) is 0 Å². The summed E-state index contributed by atoms with van der Waals surface area (Å²) in [6.07, 6.45) is 9.15. The van der Waals surface area contributed by atoms with E-state index in [4.69, 9.17) is 9.31 Å². The minimum Gasteiger partial charge on any atom is -0.399 e. The lowest BCUT2D eigenvalue weighted by Gasteiger charge is -2.32. The first-order valence-corrected chi connectivity index (χ1v) is 6.84. The highest BCUT2D eigenvalue weighted by molar-refractivity contribution is 6.55. The second kappa shape index (κ2) is 4.27. The van der Waals surface area contributed by atoms with Gasteiger partial charge in [-0.1, -0.05) is 18.2 Å². The maximum Gasteiger partial charge on any atom is 0.494 e. The van der Waals surface area contributed by atoms with Crippen molar-refractivity contribution < 1.29 is 14.1 Å². The van der Waals surface area contributed by atoms with Crippen molar-refractivity contribution in [2.24, 2.45) is 10.9 Å². The molecule has 1 unspecified atom stereocenters. The number of nitrogens with zero attached hydrogens (tertiary/aromatic N) is 1. The van der Waals surface area contributed by atoms with Crippen LogP contribution in [0.5, 0.6) is 0 Å². The highest BCUT2D eigenvalue weighted by atomic mass is 16.7. The van der Waals surface area contributed by atoms with Crippen molar-refractivity contribution in [1.29, 1.82) is 0 Å². The van der Waals surface area contributed by atoms with Crippen LogP contribution in [0.3, 0.4) is 0 Å². The van der Waals surface area contributed by atoms with E-state index in [9.17, 15) is 4.79 Å². The molecule has 1 amide bonds. The SMILES string of the molecule is CC1(C)OB(C2=CC3=CC=NC(=O)C3C=C2)OC1(C)C. The number of fused-ring (bicyclic) bond motifs is 1. The van der Waals surface area contributed by atoms with Gasteiger partial charge in [0.1, 0.15) is 0 Å². The van der Waals surface area contributed by atoms with Crippen LogP contribution in [0.25, 0.3) is 0 Å². The van der Waals surface area contributed by atoms with Gasteiger partial charge in [-0.2, -0.15) is 0 Å². The van der Waals surface area contributed by atoms with Gasteiger partial charge < -0.3 is 9.31 Å². The molecule has 2 aliphatic heterocycles. The molecule has 0 aromatic heterocycles. The summed E-state index contributed by atoms with van der Waals surface area (Å²) in [6, 6.07) is 0. The van der Waals surface area contributed by atoms with E-state index in [1.165, 1.54) is 0 Å². The zero-order valence-electron chi connectivity index (χ0n) is 12.2. The predicted molar refractivity (Wildman–Crippen MR) is 78.4 cm³/mol. The van der Waals surface area contributed by atoms with Crippen LogP contribution in [0.1, 0.15) is 27.7 Å². The Hall–Kier alpha value is -1.46. The minimum atomic E-state index is -0.396. The van der Waals surface area contributed by atoms with Crippen LogP contribution in [0, 0.1) is 5.92 Å². The van der Waals surface area contributed by atoms with Crippen LogP contribution < -0.4 is 0 Å². The van der Waals surface area contributed by atoms with Gasteiger partial charge in [0, 0.05) is 6.21 Å². The van der Waals surface area contributed by atoms with E-state index in [1.807, 2.05) is 52.0 Å². The molecule has 0 spiro atoms. The van der Waals surface area contributed by atoms with Crippen molar-refractivity contribution in [3.05, 3.63) is 35.3 Å². The van der Waals surface area contributed by atoms with Crippen molar-refractivity contribution >= 4 is 19.2 Å². The molecular formula is C15H18BNO3. The summed E-state index contributed by atoms with van der Waals surface area (Å²) in [6.45, 7) is 8.11. The van der Waals surface area contributed by atoms with Crippen molar-refractivity contribution in [2.45, 2.75) is 38.9 Å². The summed E-state index contributed by atoms with van der Waals surface area (Å²) in [5.74, 6) is -0.380. The molecule has 0 aromatic carbocycles. The second-order valence-corrected chi connectivity index (χ2v) is 6.35. The largest absolute Gasteiger partial charge is 0.494 e. The lowest BCUT2D eigenvalue weighted by molar-refractivity contribution is -0.119. The molecule has 0 saturated carbocycles. The summed E-state index contributed by atoms with van der Waals surface area (Å²) in [5, 5.41) is 0. The summed E-state index contributed by atoms with van der Waals surface area (Å²) in [7, 11) is -0.396. The summed E-state index contributed by atoms with van der Waals surface area (Å²) < 4.78 is 12.0. The number of dihydropyridines is 1. The van der Waals surface area contributed by atoms with E-state index >= 15 is 0 Å². The van der Waals surface area contributed by atoms with Crippen LogP contribution in [-0.2, 0) is 14.1 Å². The normalized spacial score (nSPS) is 30.1. The molecule has 0 aromatic rings.